The number of fused-ring (bicyclic) bond motifs is 3. The molecule has 0 radical (unpaired) electrons. The molecule has 42 heavy (non-hydrogen) atoms. The number of rotatable bonds is 2. The molecule has 2 aromatic rings. The summed E-state index contributed by atoms with van der Waals surface area (Å²) in [7, 11) is 0. The van der Waals surface area contributed by atoms with Crippen LogP contribution in [0.3, 0.4) is 0 Å². The van der Waals surface area contributed by atoms with Gasteiger partial charge in [0.05, 0.1) is 18.2 Å². The standard InChI is InChI=1S/C30H36N4O8/c1-16(2)26-29(38)32-17(3)30(39)34-15-20(35)14-22(34)28(37)31-8-9-40-23-6-4-18(12-21(23)27(36)33-26)19-5-7-24-25(13-19)42-11-10-41-24/h4-7,12-13,16-17,20,22,26,35H,8-11,14-15H2,1-3H3,(H,31,37)(H,32,38)(H,33,36)/t17-,20+,22+,26+/m1/s1. The van der Waals surface area contributed by atoms with E-state index in [2.05, 4.69) is 16.0 Å². The van der Waals surface area contributed by atoms with E-state index >= 15 is 0 Å². The molecule has 5 rings (SSSR count). The molecule has 0 unspecified atom stereocenters. The van der Waals surface area contributed by atoms with Crippen molar-refractivity contribution < 1.29 is 38.5 Å². The Morgan fingerprint density at radius 1 is 0.857 bits per heavy atom. The van der Waals surface area contributed by atoms with E-state index in [4.69, 9.17) is 14.2 Å². The summed E-state index contributed by atoms with van der Waals surface area (Å²) in [5.41, 5.74) is 1.72. The zero-order valence-corrected chi connectivity index (χ0v) is 23.8. The Morgan fingerprint density at radius 2 is 1.52 bits per heavy atom. The van der Waals surface area contributed by atoms with Gasteiger partial charge in [0, 0.05) is 13.0 Å². The Balaban J connectivity index is 1.47. The van der Waals surface area contributed by atoms with Crippen LogP contribution in [0.5, 0.6) is 17.2 Å². The highest BCUT2D eigenvalue weighted by molar-refractivity contribution is 6.01. The summed E-state index contributed by atoms with van der Waals surface area (Å²) in [6.45, 7) is 6.15. The van der Waals surface area contributed by atoms with Gasteiger partial charge in [-0.3, -0.25) is 19.2 Å². The SMILES string of the molecule is CC(C)[C@@H]1NC(=O)c2cc(-c3ccc4c(c3)OCCO4)ccc2OCCNC(=O)[C@@H]2C[C@H](O)CN2C(=O)[C@@H](C)NC1=O. The number of benzene rings is 2. The Labute approximate surface area is 243 Å². The average molecular weight is 581 g/mol. The van der Waals surface area contributed by atoms with E-state index in [-0.39, 0.29) is 43.3 Å². The number of carbonyl (C=O) groups is 4. The van der Waals surface area contributed by atoms with Crippen molar-refractivity contribution >= 4 is 23.6 Å². The van der Waals surface area contributed by atoms with Crippen LogP contribution in [-0.4, -0.2) is 90.8 Å². The molecule has 3 aliphatic heterocycles. The zero-order chi connectivity index (χ0) is 30.0. The highest BCUT2D eigenvalue weighted by Crippen LogP contribution is 2.36. The molecule has 1 fully saturated rings. The predicted octanol–water partition coefficient (Wildman–Crippen LogP) is 0.854. The summed E-state index contributed by atoms with van der Waals surface area (Å²) in [4.78, 5) is 54.4. The van der Waals surface area contributed by atoms with Gasteiger partial charge < -0.3 is 40.2 Å². The lowest BCUT2D eigenvalue weighted by atomic mass is 9.99. The average Bonchev–Trinajstić information content (AvgIpc) is 3.38. The molecule has 1 saturated heterocycles. The van der Waals surface area contributed by atoms with Crippen LogP contribution in [0, 0.1) is 5.92 Å². The van der Waals surface area contributed by atoms with Gasteiger partial charge in [-0.2, -0.15) is 0 Å². The molecule has 4 amide bonds. The number of ether oxygens (including phenoxy) is 3. The van der Waals surface area contributed by atoms with E-state index in [1.165, 1.54) is 11.8 Å². The molecule has 0 bridgehead atoms. The number of carbonyl (C=O) groups excluding carboxylic acids is 4. The van der Waals surface area contributed by atoms with Crippen molar-refractivity contribution in [2.24, 2.45) is 5.92 Å². The third-order valence-electron chi connectivity index (χ3n) is 7.59. The lowest BCUT2D eigenvalue weighted by Crippen LogP contribution is -2.57. The summed E-state index contributed by atoms with van der Waals surface area (Å²) in [5, 5.41) is 18.5. The summed E-state index contributed by atoms with van der Waals surface area (Å²) in [6.07, 6.45) is -0.765. The minimum absolute atomic E-state index is 0.0168. The molecule has 3 heterocycles. The number of aliphatic hydroxyl groups is 1. The summed E-state index contributed by atoms with van der Waals surface area (Å²) >= 11 is 0. The maximum Gasteiger partial charge on any atom is 0.255 e. The fourth-order valence-electron chi connectivity index (χ4n) is 5.36. The molecule has 0 saturated carbocycles. The molecule has 4 atom stereocenters. The minimum atomic E-state index is -0.985. The van der Waals surface area contributed by atoms with Crippen LogP contribution in [0.25, 0.3) is 11.1 Å². The van der Waals surface area contributed by atoms with Crippen LogP contribution in [0.2, 0.25) is 0 Å². The minimum Gasteiger partial charge on any atom is -0.491 e. The number of hydrogen-bond acceptors (Lipinski definition) is 8. The van der Waals surface area contributed by atoms with Crippen molar-refractivity contribution in [3.8, 4) is 28.4 Å². The van der Waals surface area contributed by atoms with E-state index < -0.39 is 47.9 Å². The number of amides is 4. The van der Waals surface area contributed by atoms with Crippen LogP contribution in [0.15, 0.2) is 36.4 Å². The molecule has 3 aliphatic rings. The van der Waals surface area contributed by atoms with Crippen LogP contribution >= 0.6 is 0 Å². The Hall–Kier alpha value is -4.32. The monoisotopic (exact) mass is 580 g/mol. The largest absolute Gasteiger partial charge is 0.491 e. The highest BCUT2D eigenvalue weighted by atomic mass is 16.6. The highest BCUT2D eigenvalue weighted by Gasteiger charge is 2.41. The van der Waals surface area contributed by atoms with Crippen molar-refractivity contribution in [1.29, 1.82) is 0 Å². The molecular weight excluding hydrogens is 544 g/mol. The summed E-state index contributed by atoms with van der Waals surface area (Å²) in [5.74, 6) is -0.781. The quantitative estimate of drug-likeness (QED) is 0.408. The molecule has 0 spiro atoms. The fraction of sp³-hybridized carbons (Fsp3) is 0.467. The molecule has 0 aromatic heterocycles. The maximum atomic E-state index is 13.7. The smallest absolute Gasteiger partial charge is 0.255 e. The van der Waals surface area contributed by atoms with Crippen LogP contribution in [0.1, 0.15) is 37.6 Å². The Morgan fingerprint density at radius 3 is 2.26 bits per heavy atom. The van der Waals surface area contributed by atoms with Gasteiger partial charge in [-0.05, 0) is 48.2 Å². The molecule has 4 N–H and O–H groups in total. The first-order valence-electron chi connectivity index (χ1n) is 14.2. The molecular formula is C30H36N4O8. The first-order chi connectivity index (χ1) is 20.1. The Kier molecular flexibility index (Phi) is 8.53. The van der Waals surface area contributed by atoms with Crippen LogP contribution < -0.4 is 30.2 Å². The van der Waals surface area contributed by atoms with Crippen molar-refractivity contribution in [3.63, 3.8) is 0 Å². The van der Waals surface area contributed by atoms with Crippen molar-refractivity contribution in [1.82, 2.24) is 20.9 Å². The second kappa shape index (κ2) is 12.3. The molecule has 224 valence electrons. The van der Waals surface area contributed by atoms with Gasteiger partial charge in [0.25, 0.3) is 5.91 Å². The molecule has 12 nitrogen and oxygen atoms in total. The first-order valence-corrected chi connectivity index (χ1v) is 14.2. The van der Waals surface area contributed by atoms with E-state index in [1.807, 2.05) is 24.3 Å². The van der Waals surface area contributed by atoms with Crippen LogP contribution in [0.4, 0.5) is 0 Å². The van der Waals surface area contributed by atoms with E-state index in [0.29, 0.717) is 24.7 Å². The summed E-state index contributed by atoms with van der Waals surface area (Å²) in [6, 6.07) is 7.86. The third kappa shape index (κ3) is 6.13. The second-order valence-electron chi connectivity index (χ2n) is 11.0. The number of nitrogens with one attached hydrogen (secondary N) is 3. The van der Waals surface area contributed by atoms with E-state index in [9.17, 15) is 24.3 Å². The van der Waals surface area contributed by atoms with Gasteiger partial charge in [-0.1, -0.05) is 26.0 Å². The maximum absolute atomic E-state index is 13.7. The number of hydrogen-bond donors (Lipinski definition) is 4. The summed E-state index contributed by atoms with van der Waals surface area (Å²) < 4.78 is 17.3. The third-order valence-corrected chi connectivity index (χ3v) is 7.59. The lowest BCUT2D eigenvalue weighted by Gasteiger charge is -2.29. The van der Waals surface area contributed by atoms with Gasteiger partial charge in [0.1, 0.15) is 43.7 Å². The zero-order valence-electron chi connectivity index (χ0n) is 23.8. The Bertz CT molecular complexity index is 1380. The first kappa shape index (κ1) is 29.2. The van der Waals surface area contributed by atoms with Gasteiger partial charge in [0.15, 0.2) is 11.5 Å². The van der Waals surface area contributed by atoms with E-state index in [0.717, 1.165) is 11.1 Å². The van der Waals surface area contributed by atoms with E-state index in [1.54, 1.807) is 26.0 Å². The normalized spacial score (nSPS) is 25.1. The molecule has 0 aliphatic carbocycles. The van der Waals surface area contributed by atoms with Crippen molar-refractivity contribution in [2.75, 3.05) is 32.9 Å². The number of aliphatic hydroxyl groups excluding tert-OH is 1. The lowest BCUT2D eigenvalue weighted by molar-refractivity contribution is -0.141. The van der Waals surface area contributed by atoms with Gasteiger partial charge >= 0.3 is 0 Å². The second-order valence-corrected chi connectivity index (χ2v) is 11.0. The van der Waals surface area contributed by atoms with Gasteiger partial charge in [0.2, 0.25) is 17.7 Å². The fourth-order valence-corrected chi connectivity index (χ4v) is 5.36. The van der Waals surface area contributed by atoms with Crippen molar-refractivity contribution in [2.45, 2.75) is 51.4 Å². The van der Waals surface area contributed by atoms with Gasteiger partial charge in [-0.15, -0.1) is 0 Å². The molecule has 12 heteroatoms. The topological polar surface area (TPSA) is 156 Å². The number of nitrogens with zero attached hydrogens (tertiary/aromatic N) is 1. The van der Waals surface area contributed by atoms with Crippen molar-refractivity contribution in [3.05, 3.63) is 42.0 Å². The van der Waals surface area contributed by atoms with Gasteiger partial charge in [-0.25, -0.2) is 0 Å². The van der Waals surface area contributed by atoms with Crippen LogP contribution in [-0.2, 0) is 14.4 Å². The predicted molar refractivity (Wildman–Crippen MR) is 151 cm³/mol. The molecule has 2 aromatic carbocycles.